The van der Waals surface area contributed by atoms with Crippen molar-refractivity contribution in [3.8, 4) is 0 Å². The molecule has 0 saturated carbocycles. The van der Waals surface area contributed by atoms with Gasteiger partial charge in [-0.25, -0.2) is 0 Å². The van der Waals surface area contributed by atoms with Gasteiger partial charge >= 0.3 is 49.6 Å². The molecule has 0 aromatic rings. The van der Waals surface area contributed by atoms with Crippen molar-refractivity contribution in [1.82, 2.24) is 0 Å². The molecule has 0 N–H and O–H groups in total. The maximum absolute atomic E-state index is 5.00. The van der Waals surface area contributed by atoms with Crippen LogP contribution in [0.1, 0.15) is 0 Å². The van der Waals surface area contributed by atoms with Crippen LogP contribution in [0.5, 0.6) is 0 Å². The minimum atomic E-state index is -1.55. The van der Waals surface area contributed by atoms with E-state index in [0.29, 0.717) is 0 Å². The second kappa shape index (κ2) is 4.24. The molecule has 0 bridgehead atoms. The Bertz CT molecular complexity index is 62.5. The molecule has 0 spiro atoms. The summed E-state index contributed by atoms with van der Waals surface area (Å²) < 4.78 is 8.75. The van der Waals surface area contributed by atoms with E-state index >= 15 is 0 Å². The van der Waals surface area contributed by atoms with Crippen LogP contribution in [0.4, 0.5) is 0 Å². The fourth-order valence-corrected chi connectivity index (χ4v) is 1.50. The van der Waals surface area contributed by atoms with E-state index in [4.69, 9.17) is 3.53 Å². The Morgan fingerprint density at radius 3 is 1.86 bits per heavy atom. The van der Waals surface area contributed by atoms with Crippen LogP contribution < -0.4 is 0 Å². The van der Waals surface area contributed by atoms with E-state index in [-0.39, 0.29) is 0 Å². The number of hydrogen-bond acceptors (Lipinski definition) is 1. The molecule has 0 amide bonds. The van der Waals surface area contributed by atoms with E-state index in [1.807, 2.05) is 9.26 Å². The van der Waals surface area contributed by atoms with E-state index in [2.05, 4.69) is 13.2 Å². The Balaban J connectivity index is 3.36. The first kappa shape index (κ1) is 7.08. The van der Waals surface area contributed by atoms with Gasteiger partial charge in [0.15, 0.2) is 0 Å². The molecule has 1 nitrogen and oxygen atoms in total. The van der Waals surface area contributed by atoms with Crippen molar-refractivity contribution >= 4 is 16.6 Å². The molecule has 0 unspecified atom stereocenters. The van der Waals surface area contributed by atoms with Gasteiger partial charge in [-0.2, -0.15) is 0 Å². The molecule has 0 fully saturated rings. The van der Waals surface area contributed by atoms with Crippen LogP contribution in [0.3, 0.4) is 0 Å². The monoisotopic (exact) mass is 154 g/mol. The Morgan fingerprint density at radius 2 is 1.86 bits per heavy atom. The van der Waals surface area contributed by atoms with Crippen LogP contribution in [-0.4, -0.2) is 23.7 Å². The van der Waals surface area contributed by atoms with Crippen LogP contribution in [0.25, 0.3) is 0 Å². The number of hydrogen-bond donors (Lipinski definition) is 0. The molecule has 0 heterocycles. The van der Waals surface area contributed by atoms with Crippen molar-refractivity contribution in [3.05, 3.63) is 22.4 Å². The summed E-state index contributed by atoms with van der Waals surface area (Å²) in [6.45, 7) is 7.18. The summed E-state index contributed by atoms with van der Waals surface area (Å²) in [6, 6.07) is 0. The van der Waals surface area contributed by atoms with Crippen LogP contribution in [-0.2, 0) is 3.53 Å². The quantitative estimate of drug-likeness (QED) is 0.553. The summed E-state index contributed by atoms with van der Waals surface area (Å²) in [4.78, 5) is 0. The molecule has 0 aliphatic carbocycles. The van der Waals surface area contributed by atoms with E-state index in [9.17, 15) is 0 Å². The SMILES string of the molecule is C=[CH][Ga]([CH]=C)[O]C. The van der Waals surface area contributed by atoms with Crippen LogP contribution in [0, 0.1) is 0 Å². The summed E-state index contributed by atoms with van der Waals surface area (Å²) in [5, 5.41) is 0. The molecule has 2 heteroatoms. The van der Waals surface area contributed by atoms with Crippen LogP contribution in [0.15, 0.2) is 22.4 Å². The molecule has 0 saturated heterocycles. The van der Waals surface area contributed by atoms with Gasteiger partial charge in [0.05, 0.1) is 0 Å². The molecule has 0 aromatic heterocycles. The van der Waals surface area contributed by atoms with Gasteiger partial charge in [0.25, 0.3) is 0 Å². The summed E-state index contributed by atoms with van der Waals surface area (Å²) >= 11 is -1.55. The summed E-state index contributed by atoms with van der Waals surface area (Å²) in [5.41, 5.74) is 0. The molecular formula is C5H9GaO. The number of rotatable bonds is 3. The topological polar surface area (TPSA) is 9.23 Å². The third kappa shape index (κ3) is 2.73. The van der Waals surface area contributed by atoms with Crippen LogP contribution in [0.2, 0.25) is 0 Å². The molecule has 38 valence electrons. The average Bonchev–Trinajstić information content (AvgIpc) is 1.72. The predicted molar refractivity (Wildman–Crippen MR) is 33.2 cm³/mol. The third-order valence-electron chi connectivity index (χ3n) is 0.737. The zero-order valence-electron chi connectivity index (χ0n) is 4.55. The Kier molecular flexibility index (Phi) is 4.29. The molecule has 0 atom stereocenters. The summed E-state index contributed by atoms with van der Waals surface area (Å²) in [5.74, 6) is 0. The third-order valence-corrected chi connectivity index (χ3v) is 3.83. The first-order chi connectivity index (χ1) is 3.35. The Morgan fingerprint density at radius 1 is 1.43 bits per heavy atom. The Hall–Kier alpha value is 0.0764. The molecule has 7 heavy (non-hydrogen) atoms. The summed E-state index contributed by atoms with van der Waals surface area (Å²) in [6.07, 6.45) is 0. The van der Waals surface area contributed by atoms with Gasteiger partial charge in [-0.05, 0) is 0 Å². The van der Waals surface area contributed by atoms with Gasteiger partial charge in [0, 0.05) is 0 Å². The normalized spacial score (nSPS) is 7.57. The molecule has 0 rings (SSSR count). The van der Waals surface area contributed by atoms with Gasteiger partial charge in [0.2, 0.25) is 0 Å². The van der Waals surface area contributed by atoms with Crippen molar-refractivity contribution in [2.24, 2.45) is 0 Å². The van der Waals surface area contributed by atoms with Crippen molar-refractivity contribution in [2.75, 3.05) is 7.11 Å². The molecular weight excluding hydrogens is 146 g/mol. The van der Waals surface area contributed by atoms with Crippen molar-refractivity contribution in [2.45, 2.75) is 0 Å². The zero-order chi connectivity index (χ0) is 5.70. The zero-order valence-corrected chi connectivity index (χ0v) is 6.98. The van der Waals surface area contributed by atoms with Gasteiger partial charge in [0.1, 0.15) is 0 Å². The van der Waals surface area contributed by atoms with Gasteiger partial charge in [-0.15, -0.1) is 0 Å². The Labute approximate surface area is 50.1 Å². The summed E-state index contributed by atoms with van der Waals surface area (Å²) in [7, 11) is 1.70. The molecule has 0 aliphatic heterocycles. The van der Waals surface area contributed by atoms with Crippen molar-refractivity contribution < 1.29 is 3.53 Å². The fraction of sp³-hybridized carbons (Fsp3) is 0.200. The van der Waals surface area contributed by atoms with Gasteiger partial charge in [-0.3, -0.25) is 0 Å². The molecule has 0 aromatic carbocycles. The van der Waals surface area contributed by atoms with E-state index in [1.54, 1.807) is 7.11 Å². The van der Waals surface area contributed by atoms with E-state index in [0.717, 1.165) is 0 Å². The second-order valence-corrected chi connectivity index (χ2v) is 6.09. The standard InChI is InChI=1S/2C2H3.CH3O.Ga/c3*1-2;/h2*1H,2H2;1H3;/q;;-1;+1. The maximum atomic E-state index is 5.00. The van der Waals surface area contributed by atoms with E-state index < -0.39 is 16.6 Å². The molecule has 0 radical (unpaired) electrons. The first-order valence-corrected chi connectivity index (χ1v) is 5.91. The van der Waals surface area contributed by atoms with Gasteiger partial charge in [-0.1, -0.05) is 0 Å². The fourth-order valence-electron chi connectivity index (χ4n) is 0.289. The van der Waals surface area contributed by atoms with Crippen molar-refractivity contribution in [1.29, 1.82) is 0 Å². The average molecular weight is 155 g/mol. The van der Waals surface area contributed by atoms with E-state index in [1.165, 1.54) is 0 Å². The first-order valence-electron chi connectivity index (χ1n) is 2.13. The second-order valence-electron chi connectivity index (χ2n) is 1.17. The molecule has 0 aliphatic rings. The van der Waals surface area contributed by atoms with Crippen molar-refractivity contribution in [3.63, 3.8) is 0 Å². The van der Waals surface area contributed by atoms with Crippen LogP contribution >= 0.6 is 0 Å². The van der Waals surface area contributed by atoms with Gasteiger partial charge < -0.3 is 0 Å². The minimum absolute atomic E-state index is 1.55. The predicted octanol–water partition coefficient (Wildman–Crippen LogP) is 1.07.